The summed E-state index contributed by atoms with van der Waals surface area (Å²) >= 11 is 0. The van der Waals surface area contributed by atoms with E-state index in [0.29, 0.717) is 19.3 Å². The smallest absolute Gasteiger partial charge is 0.119 e. The fourth-order valence-electron chi connectivity index (χ4n) is 4.14. The van der Waals surface area contributed by atoms with Crippen LogP contribution in [0.4, 0.5) is 0 Å². The predicted octanol–water partition coefficient (Wildman–Crippen LogP) is 6.42. The van der Waals surface area contributed by atoms with Gasteiger partial charge in [0.15, 0.2) is 0 Å². The molecular formula is C24H41NO2. The van der Waals surface area contributed by atoms with E-state index in [-0.39, 0.29) is 6.23 Å². The van der Waals surface area contributed by atoms with Gasteiger partial charge in [-0.15, -0.1) is 0 Å². The summed E-state index contributed by atoms with van der Waals surface area (Å²) < 4.78 is 11.9. The normalized spacial score (nSPS) is 19.1. The van der Waals surface area contributed by atoms with Crippen molar-refractivity contribution in [1.29, 1.82) is 0 Å². The Morgan fingerprint density at radius 3 is 2.48 bits per heavy atom. The van der Waals surface area contributed by atoms with Gasteiger partial charge in [0.1, 0.15) is 18.6 Å². The van der Waals surface area contributed by atoms with Crippen molar-refractivity contribution < 1.29 is 9.47 Å². The van der Waals surface area contributed by atoms with Crippen LogP contribution >= 0.6 is 0 Å². The summed E-state index contributed by atoms with van der Waals surface area (Å²) in [6.45, 7) is 6.95. The number of nitrogens with zero attached hydrogens (tertiary/aromatic N) is 1. The van der Waals surface area contributed by atoms with E-state index < -0.39 is 0 Å². The quantitative estimate of drug-likeness (QED) is 0.350. The standard InChI is InChI=1S/C24H41NO2/c1-3-4-5-6-7-8-10-15-23-16-13-14-19-25(23)22(2)26-20-21-27-24-17-11-9-12-18-24/h9,11-12,17-18,22-23H,3-8,10,13-16,19-21H2,1-2H3. The highest BCUT2D eigenvalue weighted by molar-refractivity contribution is 5.20. The molecule has 3 nitrogen and oxygen atoms in total. The van der Waals surface area contributed by atoms with E-state index in [4.69, 9.17) is 9.47 Å². The van der Waals surface area contributed by atoms with Crippen LogP contribution in [0.2, 0.25) is 0 Å². The molecule has 0 amide bonds. The first-order valence-electron chi connectivity index (χ1n) is 11.4. The van der Waals surface area contributed by atoms with Crippen LogP contribution < -0.4 is 4.74 Å². The zero-order valence-electron chi connectivity index (χ0n) is 17.7. The third-order valence-corrected chi connectivity index (χ3v) is 5.73. The van der Waals surface area contributed by atoms with Crippen LogP contribution in [-0.2, 0) is 4.74 Å². The van der Waals surface area contributed by atoms with Crippen LogP contribution in [-0.4, -0.2) is 36.9 Å². The molecule has 0 radical (unpaired) electrons. The minimum atomic E-state index is 0.194. The predicted molar refractivity (Wildman–Crippen MR) is 114 cm³/mol. The van der Waals surface area contributed by atoms with Gasteiger partial charge in [-0.1, -0.05) is 76.5 Å². The fraction of sp³-hybridized carbons (Fsp3) is 0.750. The summed E-state index contributed by atoms with van der Waals surface area (Å²) in [5, 5.41) is 0. The average Bonchev–Trinajstić information content (AvgIpc) is 2.71. The van der Waals surface area contributed by atoms with E-state index in [9.17, 15) is 0 Å². The van der Waals surface area contributed by atoms with Gasteiger partial charge >= 0.3 is 0 Å². The fourth-order valence-corrected chi connectivity index (χ4v) is 4.14. The minimum Gasteiger partial charge on any atom is -0.491 e. The van der Waals surface area contributed by atoms with Crippen LogP contribution in [0.15, 0.2) is 30.3 Å². The number of para-hydroxylation sites is 1. The van der Waals surface area contributed by atoms with Crippen molar-refractivity contribution in [3.05, 3.63) is 30.3 Å². The summed E-state index contributed by atoms with van der Waals surface area (Å²) in [5.41, 5.74) is 0. The van der Waals surface area contributed by atoms with Gasteiger partial charge in [-0.3, -0.25) is 4.90 Å². The van der Waals surface area contributed by atoms with E-state index in [1.807, 2.05) is 30.3 Å². The summed E-state index contributed by atoms with van der Waals surface area (Å²) in [5.74, 6) is 0.920. The van der Waals surface area contributed by atoms with Gasteiger partial charge in [0.05, 0.1) is 6.61 Å². The van der Waals surface area contributed by atoms with E-state index in [1.54, 1.807) is 0 Å². The highest BCUT2D eigenvalue weighted by Crippen LogP contribution is 2.24. The molecule has 1 aliphatic rings. The van der Waals surface area contributed by atoms with Gasteiger partial charge < -0.3 is 9.47 Å². The first-order valence-corrected chi connectivity index (χ1v) is 11.4. The van der Waals surface area contributed by atoms with Crippen molar-refractivity contribution in [2.24, 2.45) is 0 Å². The maximum atomic E-state index is 6.11. The molecule has 1 aromatic rings. The molecule has 0 aliphatic carbocycles. The lowest BCUT2D eigenvalue weighted by Crippen LogP contribution is -2.46. The maximum Gasteiger partial charge on any atom is 0.119 e. The van der Waals surface area contributed by atoms with Crippen molar-refractivity contribution in [3.63, 3.8) is 0 Å². The third-order valence-electron chi connectivity index (χ3n) is 5.73. The highest BCUT2D eigenvalue weighted by atomic mass is 16.5. The number of hydrogen-bond acceptors (Lipinski definition) is 3. The van der Waals surface area contributed by atoms with E-state index in [2.05, 4.69) is 18.7 Å². The molecule has 0 saturated carbocycles. The van der Waals surface area contributed by atoms with Crippen molar-refractivity contribution in [2.75, 3.05) is 19.8 Å². The second-order valence-electron chi connectivity index (χ2n) is 7.93. The number of unbranched alkanes of at least 4 members (excludes halogenated alkanes) is 6. The van der Waals surface area contributed by atoms with Crippen molar-refractivity contribution in [2.45, 2.75) is 96.7 Å². The molecule has 2 unspecified atom stereocenters. The number of likely N-dealkylation sites (tertiary alicyclic amines) is 1. The summed E-state index contributed by atoms with van der Waals surface area (Å²) in [6, 6.07) is 10.7. The molecule has 3 heteroatoms. The Morgan fingerprint density at radius 1 is 0.963 bits per heavy atom. The van der Waals surface area contributed by atoms with Gasteiger partial charge in [0.2, 0.25) is 0 Å². The Kier molecular flexibility index (Phi) is 11.5. The summed E-state index contributed by atoms with van der Waals surface area (Å²) in [7, 11) is 0. The molecule has 0 N–H and O–H groups in total. The second-order valence-corrected chi connectivity index (χ2v) is 7.93. The molecule has 154 valence electrons. The number of piperidine rings is 1. The summed E-state index contributed by atoms with van der Waals surface area (Å²) in [4.78, 5) is 2.60. The zero-order valence-corrected chi connectivity index (χ0v) is 17.7. The number of hydrogen-bond donors (Lipinski definition) is 0. The van der Waals surface area contributed by atoms with Crippen LogP contribution in [0, 0.1) is 0 Å². The maximum absolute atomic E-state index is 6.11. The van der Waals surface area contributed by atoms with Crippen molar-refractivity contribution >= 4 is 0 Å². The van der Waals surface area contributed by atoms with Crippen LogP contribution in [0.5, 0.6) is 5.75 Å². The number of benzene rings is 1. The lowest BCUT2D eigenvalue weighted by atomic mass is 9.96. The molecule has 0 aromatic heterocycles. The molecule has 1 aromatic carbocycles. The van der Waals surface area contributed by atoms with Gasteiger partial charge in [-0.25, -0.2) is 0 Å². The number of rotatable bonds is 14. The van der Waals surface area contributed by atoms with Gasteiger partial charge in [-0.05, 0) is 38.3 Å². The lowest BCUT2D eigenvalue weighted by molar-refractivity contribution is -0.0856. The Balaban J connectivity index is 1.61. The molecule has 0 spiro atoms. The van der Waals surface area contributed by atoms with Crippen molar-refractivity contribution in [1.82, 2.24) is 4.90 Å². The van der Waals surface area contributed by atoms with Crippen LogP contribution in [0.3, 0.4) is 0 Å². The first-order chi connectivity index (χ1) is 13.3. The van der Waals surface area contributed by atoms with Crippen LogP contribution in [0.25, 0.3) is 0 Å². The Hall–Kier alpha value is -1.06. The van der Waals surface area contributed by atoms with E-state index in [1.165, 1.54) is 77.2 Å². The molecule has 1 aliphatic heterocycles. The van der Waals surface area contributed by atoms with Crippen LogP contribution in [0.1, 0.15) is 84.5 Å². The topological polar surface area (TPSA) is 21.7 Å². The monoisotopic (exact) mass is 375 g/mol. The average molecular weight is 376 g/mol. The molecule has 1 fully saturated rings. The second kappa shape index (κ2) is 14.0. The molecule has 2 rings (SSSR count). The van der Waals surface area contributed by atoms with Gasteiger partial charge in [-0.2, -0.15) is 0 Å². The third kappa shape index (κ3) is 9.12. The first kappa shape index (κ1) is 22.2. The lowest BCUT2D eigenvalue weighted by Gasteiger charge is -2.39. The Morgan fingerprint density at radius 2 is 1.70 bits per heavy atom. The minimum absolute atomic E-state index is 0.194. The Labute approximate surface area is 167 Å². The number of ether oxygens (including phenoxy) is 2. The summed E-state index contributed by atoms with van der Waals surface area (Å²) in [6.07, 6.45) is 15.3. The van der Waals surface area contributed by atoms with E-state index >= 15 is 0 Å². The van der Waals surface area contributed by atoms with Crippen molar-refractivity contribution in [3.8, 4) is 5.75 Å². The Bertz CT molecular complexity index is 465. The zero-order chi connectivity index (χ0) is 19.2. The molecule has 1 heterocycles. The largest absolute Gasteiger partial charge is 0.491 e. The van der Waals surface area contributed by atoms with Gasteiger partial charge in [0, 0.05) is 12.6 Å². The SMILES string of the molecule is CCCCCCCCCC1CCCCN1C(C)OCCOc1ccccc1. The highest BCUT2D eigenvalue weighted by Gasteiger charge is 2.26. The molecule has 27 heavy (non-hydrogen) atoms. The molecule has 2 atom stereocenters. The molecule has 1 saturated heterocycles. The van der Waals surface area contributed by atoms with Gasteiger partial charge in [0.25, 0.3) is 0 Å². The van der Waals surface area contributed by atoms with E-state index in [0.717, 1.165) is 5.75 Å². The molecule has 0 bridgehead atoms. The molecular weight excluding hydrogens is 334 g/mol.